The number of hydrogen-bond donors (Lipinski definition) is 4. The van der Waals surface area contributed by atoms with Gasteiger partial charge in [-0.1, -0.05) is 87.4 Å². The van der Waals surface area contributed by atoms with E-state index in [-0.39, 0.29) is 25.2 Å². The number of amides is 4. The summed E-state index contributed by atoms with van der Waals surface area (Å²) < 4.78 is 5.91. The zero-order valence-electron chi connectivity index (χ0n) is 23.6. The Bertz CT molecular complexity index is 1190. The summed E-state index contributed by atoms with van der Waals surface area (Å²) in [5, 5.41) is 8.00. The molecule has 10 heteroatoms. The number of ether oxygens (including phenoxy) is 1. The highest BCUT2D eigenvalue weighted by Gasteiger charge is 2.35. The summed E-state index contributed by atoms with van der Waals surface area (Å²) in [6.07, 6.45) is 1.40. The zero-order chi connectivity index (χ0) is 29.8. The van der Waals surface area contributed by atoms with Gasteiger partial charge in [0.15, 0.2) is 0 Å². The summed E-state index contributed by atoms with van der Waals surface area (Å²) in [5.41, 5.74) is 6.95. The molecule has 0 aliphatic carbocycles. The Morgan fingerprint density at radius 3 is 1.95 bits per heavy atom. The van der Waals surface area contributed by atoms with Crippen molar-refractivity contribution in [2.75, 3.05) is 0 Å². The molecule has 2 aromatic carbocycles. The highest BCUT2D eigenvalue weighted by Crippen LogP contribution is 2.20. The fourth-order valence-electron chi connectivity index (χ4n) is 4.80. The number of rotatable bonds is 10. The number of cyclic esters (lactones) is 1. The van der Waals surface area contributed by atoms with E-state index in [2.05, 4.69) is 22.9 Å². The van der Waals surface area contributed by atoms with Crippen molar-refractivity contribution in [3.05, 3.63) is 71.8 Å². The summed E-state index contributed by atoms with van der Waals surface area (Å²) >= 11 is 0. The van der Waals surface area contributed by atoms with Gasteiger partial charge >= 0.3 is 5.97 Å². The lowest BCUT2D eigenvalue weighted by Gasteiger charge is -2.27. The van der Waals surface area contributed by atoms with Crippen molar-refractivity contribution in [3.8, 4) is 0 Å². The Morgan fingerprint density at radius 1 is 0.854 bits per heavy atom. The molecule has 0 unspecified atom stereocenters. The lowest BCUT2D eigenvalue weighted by atomic mass is 9.95. The van der Waals surface area contributed by atoms with Crippen molar-refractivity contribution in [1.29, 1.82) is 0 Å². The quantitative estimate of drug-likeness (QED) is 0.323. The SMILES string of the molecule is CCCC[C@H](C)[C@@H]1CC(=O)N[C@@H](Cc2ccccc2)C(=O)N[C@@H](CC(N)=O)C(=O)N[C@H](Cc2ccccc2)C(=O)O1. The number of carbonyl (C=O) groups is 5. The first kappa shape index (κ1) is 31.3. The molecule has 0 saturated carbocycles. The third kappa shape index (κ3) is 10.0. The molecule has 4 amide bonds. The van der Waals surface area contributed by atoms with Gasteiger partial charge in [0.1, 0.15) is 24.2 Å². The number of esters is 1. The number of unbranched alkanes of at least 4 members (excludes halogenated alkanes) is 1. The number of carbonyl (C=O) groups excluding carboxylic acids is 5. The fraction of sp³-hybridized carbons (Fsp3) is 0.452. The average Bonchev–Trinajstić information content (AvgIpc) is 2.95. The molecule has 2 aromatic rings. The molecule has 0 bridgehead atoms. The molecule has 1 aliphatic heterocycles. The van der Waals surface area contributed by atoms with Crippen molar-refractivity contribution in [2.24, 2.45) is 11.7 Å². The van der Waals surface area contributed by atoms with Gasteiger partial charge in [-0.05, 0) is 23.5 Å². The van der Waals surface area contributed by atoms with E-state index in [9.17, 15) is 24.0 Å². The van der Waals surface area contributed by atoms with E-state index in [0.717, 1.165) is 30.4 Å². The highest BCUT2D eigenvalue weighted by atomic mass is 16.5. The Kier molecular flexibility index (Phi) is 11.9. The van der Waals surface area contributed by atoms with E-state index in [0.29, 0.717) is 0 Å². The minimum Gasteiger partial charge on any atom is -0.460 e. The van der Waals surface area contributed by atoms with Crippen molar-refractivity contribution >= 4 is 29.6 Å². The lowest BCUT2D eigenvalue weighted by molar-refractivity contribution is -0.157. The normalized spacial score (nSPS) is 23.0. The van der Waals surface area contributed by atoms with Crippen LogP contribution in [0.3, 0.4) is 0 Å². The lowest BCUT2D eigenvalue weighted by Crippen LogP contribution is -2.57. The van der Waals surface area contributed by atoms with E-state index in [4.69, 9.17) is 10.5 Å². The van der Waals surface area contributed by atoms with E-state index in [1.165, 1.54) is 0 Å². The molecule has 41 heavy (non-hydrogen) atoms. The third-order valence-electron chi connectivity index (χ3n) is 7.16. The Morgan fingerprint density at radius 2 is 1.39 bits per heavy atom. The smallest absolute Gasteiger partial charge is 0.329 e. The summed E-state index contributed by atoms with van der Waals surface area (Å²) in [6, 6.07) is 14.7. The minimum absolute atomic E-state index is 0.113. The van der Waals surface area contributed by atoms with E-state index in [1.54, 1.807) is 0 Å². The highest BCUT2D eigenvalue weighted by molar-refractivity contribution is 5.96. The average molecular weight is 565 g/mol. The van der Waals surface area contributed by atoms with E-state index >= 15 is 0 Å². The second kappa shape index (κ2) is 15.5. The standard InChI is InChI=1S/C31H40N4O6/c1-3-4-11-20(2)26-19-28(37)33-23(16-21-12-7-5-8-13-21)29(38)34-24(18-27(32)36)30(39)35-25(31(40)41-26)17-22-14-9-6-10-15-22/h5-10,12-15,20,23-26H,3-4,11,16-19H2,1-2H3,(H2,32,36)(H,33,37)(H,34,38)(H,35,39)/t20-,23-,24-,25+,26-/m0/s1. The molecule has 3 rings (SSSR count). The number of benzene rings is 2. The predicted octanol–water partition coefficient (Wildman–Crippen LogP) is 1.94. The molecule has 5 N–H and O–H groups in total. The Hall–Kier alpha value is -4.21. The first-order valence-corrected chi connectivity index (χ1v) is 14.1. The summed E-state index contributed by atoms with van der Waals surface area (Å²) in [4.78, 5) is 65.5. The van der Waals surface area contributed by atoms with Gasteiger partial charge in [0.25, 0.3) is 0 Å². The van der Waals surface area contributed by atoms with Gasteiger partial charge in [-0.3, -0.25) is 19.2 Å². The largest absolute Gasteiger partial charge is 0.460 e. The number of primary amides is 1. The van der Waals surface area contributed by atoms with Crippen LogP contribution >= 0.6 is 0 Å². The van der Waals surface area contributed by atoms with E-state index < -0.39 is 60.2 Å². The van der Waals surface area contributed by atoms with Gasteiger partial charge < -0.3 is 26.4 Å². The third-order valence-corrected chi connectivity index (χ3v) is 7.16. The first-order valence-electron chi connectivity index (χ1n) is 14.1. The predicted molar refractivity (Wildman–Crippen MR) is 153 cm³/mol. The summed E-state index contributed by atoms with van der Waals surface area (Å²) in [6.45, 7) is 3.97. The molecule has 1 saturated heterocycles. The molecule has 220 valence electrons. The Labute approximate surface area is 240 Å². The molecule has 0 aromatic heterocycles. The summed E-state index contributed by atoms with van der Waals surface area (Å²) in [5.74, 6) is -3.53. The molecule has 10 nitrogen and oxygen atoms in total. The van der Waals surface area contributed by atoms with Gasteiger partial charge in [-0.2, -0.15) is 0 Å². The van der Waals surface area contributed by atoms with Gasteiger partial charge in [0.05, 0.1) is 12.8 Å². The van der Waals surface area contributed by atoms with Gasteiger partial charge in [0.2, 0.25) is 23.6 Å². The molecule has 1 heterocycles. The van der Waals surface area contributed by atoms with Crippen molar-refractivity contribution in [1.82, 2.24) is 16.0 Å². The van der Waals surface area contributed by atoms with Crippen LogP contribution in [0.2, 0.25) is 0 Å². The van der Waals surface area contributed by atoms with Crippen LogP contribution in [0, 0.1) is 5.92 Å². The van der Waals surface area contributed by atoms with Crippen molar-refractivity contribution in [3.63, 3.8) is 0 Å². The summed E-state index contributed by atoms with van der Waals surface area (Å²) in [7, 11) is 0. The molecule has 1 fully saturated rings. The van der Waals surface area contributed by atoms with Gasteiger partial charge in [-0.25, -0.2) is 4.79 Å². The molecule has 0 radical (unpaired) electrons. The van der Waals surface area contributed by atoms with Crippen molar-refractivity contribution in [2.45, 2.75) is 83.0 Å². The zero-order valence-corrected chi connectivity index (χ0v) is 23.6. The maximum atomic E-state index is 13.5. The molecule has 5 atom stereocenters. The number of hydrogen-bond acceptors (Lipinski definition) is 6. The number of nitrogens with two attached hydrogens (primary N) is 1. The maximum absolute atomic E-state index is 13.5. The second-order valence-electron chi connectivity index (χ2n) is 10.6. The van der Waals surface area contributed by atoms with Crippen LogP contribution in [0.4, 0.5) is 0 Å². The van der Waals surface area contributed by atoms with Crippen LogP contribution < -0.4 is 21.7 Å². The van der Waals surface area contributed by atoms with Crippen LogP contribution in [0.1, 0.15) is 57.1 Å². The van der Waals surface area contributed by atoms with Crippen LogP contribution in [0.15, 0.2) is 60.7 Å². The second-order valence-corrected chi connectivity index (χ2v) is 10.6. The van der Waals surface area contributed by atoms with Crippen LogP contribution in [-0.4, -0.2) is 53.8 Å². The minimum atomic E-state index is -1.36. The van der Waals surface area contributed by atoms with E-state index in [1.807, 2.05) is 67.6 Å². The molecular weight excluding hydrogens is 524 g/mol. The van der Waals surface area contributed by atoms with Crippen molar-refractivity contribution < 1.29 is 28.7 Å². The monoisotopic (exact) mass is 564 g/mol. The fourth-order valence-corrected chi connectivity index (χ4v) is 4.80. The van der Waals surface area contributed by atoms with Gasteiger partial charge in [0, 0.05) is 12.8 Å². The molecular formula is C31H40N4O6. The Balaban J connectivity index is 1.98. The molecule has 0 spiro atoms. The van der Waals surface area contributed by atoms with Crippen LogP contribution in [0.25, 0.3) is 0 Å². The first-order chi connectivity index (χ1) is 19.7. The number of nitrogens with one attached hydrogen (secondary N) is 3. The van der Waals surface area contributed by atoms with Crippen LogP contribution in [-0.2, 0) is 41.6 Å². The topological polar surface area (TPSA) is 157 Å². The van der Waals surface area contributed by atoms with Crippen LogP contribution in [0.5, 0.6) is 0 Å². The maximum Gasteiger partial charge on any atom is 0.329 e. The molecule has 1 aliphatic rings. The van der Waals surface area contributed by atoms with Gasteiger partial charge in [-0.15, -0.1) is 0 Å².